The molecule has 0 amide bonds. The average Bonchev–Trinajstić information content (AvgIpc) is 2.49. The smallest absolute Gasteiger partial charge is 0.119 e. The molecule has 1 aromatic carbocycles. The standard InChI is InChI=1S/C17H22N2OS/c1-13(2)11-18-12-14-6-5-9-19-17(14)21-16-8-4-7-15(10-16)20-3/h4-10,13,18H,11-12H2,1-3H3. The van der Waals surface area contributed by atoms with Crippen molar-refractivity contribution in [2.75, 3.05) is 13.7 Å². The van der Waals surface area contributed by atoms with E-state index in [4.69, 9.17) is 4.74 Å². The lowest BCUT2D eigenvalue weighted by molar-refractivity contribution is 0.413. The van der Waals surface area contributed by atoms with Gasteiger partial charge in [0.15, 0.2) is 0 Å². The third kappa shape index (κ3) is 5.06. The third-order valence-corrected chi connectivity index (χ3v) is 4.02. The van der Waals surface area contributed by atoms with Gasteiger partial charge in [0.25, 0.3) is 0 Å². The van der Waals surface area contributed by atoms with Gasteiger partial charge in [0.2, 0.25) is 0 Å². The van der Waals surface area contributed by atoms with E-state index in [0.717, 1.165) is 28.8 Å². The summed E-state index contributed by atoms with van der Waals surface area (Å²) in [6.45, 7) is 6.28. The van der Waals surface area contributed by atoms with Crippen LogP contribution in [0, 0.1) is 5.92 Å². The number of pyridine rings is 1. The second kappa shape index (κ2) is 8.05. The summed E-state index contributed by atoms with van der Waals surface area (Å²) >= 11 is 1.67. The molecule has 3 nitrogen and oxygen atoms in total. The number of ether oxygens (including phenoxy) is 1. The minimum atomic E-state index is 0.649. The lowest BCUT2D eigenvalue weighted by Gasteiger charge is -2.11. The lowest BCUT2D eigenvalue weighted by atomic mass is 10.2. The Morgan fingerprint density at radius 2 is 2.10 bits per heavy atom. The van der Waals surface area contributed by atoms with Crippen molar-refractivity contribution in [3.05, 3.63) is 48.2 Å². The van der Waals surface area contributed by atoms with Gasteiger partial charge in [0.05, 0.1) is 7.11 Å². The van der Waals surface area contributed by atoms with Crippen molar-refractivity contribution in [2.45, 2.75) is 30.3 Å². The van der Waals surface area contributed by atoms with Crippen molar-refractivity contribution >= 4 is 11.8 Å². The molecule has 0 saturated heterocycles. The van der Waals surface area contributed by atoms with Crippen LogP contribution in [-0.2, 0) is 6.54 Å². The second-order valence-electron chi connectivity index (χ2n) is 5.27. The molecule has 0 aliphatic rings. The number of nitrogens with zero attached hydrogens (tertiary/aromatic N) is 1. The van der Waals surface area contributed by atoms with Crippen LogP contribution in [0.1, 0.15) is 19.4 Å². The van der Waals surface area contributed by atoms with Gasteiger partial charge < -0.3 is 10.1 Å². The summed E-state index contributed by atoms with van der Waals surface area (Å²) in [5, 5.41) is 4.52. The van der Waals surface area contributed by atoms with E-state index < -0.39 is 0 Å². The fourth-order valence-electron chi connectivity index (χ4n) is 1.92. The minimum absolute atomic E-state index is 0.649. The predicted octanol–water partition coefficient (Wildman–Crippen LogP) is 3.99. The third-order valence-electron chi connectivity index (χ3n) is 2.97. The van der Waals surface area contributed by atoms with Gasteiger partial charge in [-0.3, -0.25) is 0 Å². The Labute approximate surface area is 131 Å². The highest BCUT2D eigenvalue weighted by Crippen LogP contribution is 2.30. The van der Waals surface area contributed by atoms with E-state index in [1.165, 1.54) is 5.56 Å². The van der Waals surface area contributed by atoms with Crippen LogP contribution < -0.4 is 10.1 Å². The molecule has 0 radical (unpaired) electrons. The number of aromatic nitrogens is 1. The molecule has 2 aromatic rings. The fourth-order valence-corrected chi connectivity index (χ4v) is 2.85. The topological polar surface area (TPSA) is 34.1 Å². The molecular weight excluding hydrogens is 280 g/mol. The van der Waals surface area contributed by atoms with Gasteiger partial charge in [0.1, 0.15) is 10.8 Å². The Balaban J connectivity index is 2.08. The summed E-state index contributed by atoms with van der Waals surface area (Å²) in [6.07, 6.45) is 1.84. The lowest BCUT2D eigenvalue weighted by Crippen LogP contribution is -2.19. The van der Waals surface area contributed by atoms with Gasteiger partial charge in [-0.1, -0.05) is 37.7 Å². The predicted molar refractivity (Wildman–Crippen MR) is 87.9 cm³/mol. The highest BCUT2D eigenvalue weighted by Gasteiger charge is 2.06. The molecule has 21 heavy (non-hydrogen) atoms. The molecule has 1 aromatic heterocycles. The number of hydrogen-bond acceptors (Lipinski definition) is 4. The molecule has 1 N–H and O–H groups in total. The normalized spacial score (nSPS) is 10.9. The van der Waals surface area contributed by atoms with E-state index in [-0.39, 0.29) is 0 Å². The van der Waals surface area contributed by atoms with Gasteiger partial charge in [-0.2, -0.15) is 0 Å². The van der Waals surface area contributed by atoms with Crippen LogP contribution in [0.2, 0.25) is 0 Å². The first kappa shape index (κ1) is 15.9. The SMILES string of the molecule is COc1cccc(Sc2ncccc2CNCC(C)C)c1. The zero-order valence-corrected chi connectivity index (χ0v) is 13.6. The fraction of sp³-hybridized carbons (Fsp3) is 0.353. The van der Waals surface area contributed by atoms with Crippen LogP contribution in [0.25, 0.3) is 0 Å². The molecule has 4 heteroatoms. The molecule has 0 aliphatic carbocycles. The monoisotopic (exact) mass is 302 g/mol. The van der Waals surface area contributed by atoms with Crippen LogP contribution in [0.15, 0.2) is 52.5 Å². The molecule has 0 spiro atoms. The number of nitrogens with one attached hydrogen (secondary N) is 1. The van der Waals surface area contributed by atoms with Gasteiger partial charge in [0, 0.05) is 17.6 Å². The van der Waals surface area contributed by atoms with Crippen molar-refractivity contribution < 1.29 is 4.74 Å². The van der Waals surface area contributed by atoms with E-state index >= 15 is 0 Å². The average molecular weight is 302 g/mol. The molecule has 0 saturated carbocycles. The number of methoxy groups -OCH3 is 1. The Bertz CT molecular complexity index is 572. The molecule has 0 fully saturated rings. The molecule has 1 heterocycles. The Morgan fingerprint density at radius 1 is 1.24 bits per heavy atom. The van der Waals surface area contributed by atoms with Gasteiger partial charge in [-0.25, -0.2) is 4.98 Å². The summed E-state index contributed by atoms with van der Waals surface area (Å²) < 4.78 is 5.27. The van der Waals surface area contributed by atoms with Crippen molar-refractivity contribution in [3.8, 4) is 5.75 Å². The molecule has 0 atom stereocenters. The zero-order chi connectivity index (χ0) is 15.1. The highest BCUT2D eigenvalue weighted by atomic mass is 32.2. The summed E-state index contributed by atoms with van der Waals surface area (Å²) in [7, 11) is 1.69. The first-order valence-corrected chi connectivity index (χ1v) is 7.97. The number of rotatable bonds is 7. The summed E-state index contributed by atoms with van der Waals surface area (Å²) in [5.74, 6) is 1.52. The Kier molecular flexibility index (Phi) is 6.08. The first-order valence-electron chi connectivity index (χ1n) is 7.15. The minimum Gasteiger partial charge on any atom is -0.497 e. The number of benzene rings is 1. The molecular formula is C17H22N2OS. The van der Waals surface area contributed by atoms with Crippen molar-refractivity contribution in [2.24, 2.45) is 5.92 Å². The van der Waals surface area contributed by atoms with E-state index in [1.54, 1.807) is 18.9 Å². The van der Waals surface area contributed by atoms with Crippen LogP contribution >= 0.6 is 11.8 Å². The quantitative estimate of drug-likeness (QED) is 0.838. The van der Waals surface area contributed by atoms with Crippen LogP contribution in [0.4, 0.5) is 0 Å². The zero-order valence-electron chi connectivity index (χ0n) is 12.8. The van der Waals surface area contributed by atoms with E-state index in [2.05, 4.69) is 36.3 Å². The number of hydrogen-bond donors (Lipinski definition) is 1. The van der Waals surface area contributed by atoms with Crippen LogP contribution in [0.3, 0.4) is 0 Å². The van der Waals surface area contributed by atoms with Gasteiger partial charge in [-0.05, 0) is 42.3 Å². The molecule has 112 valence electrons. The maximum atomic E-state index is 5.27. The molecule has 2 rings (SSSR count). The molecule has 0 aliphatic heterocycles. The first-order chi connectivity index (χ1) is 10.2. The van der Waals surface area contributed by atoms with Crippen molar-refractivity contribution in [3.63, 3.8) is 0 Å². The summed E-state index contributed by atoms with van der Waals surface area (Å²) in [6, 6.07) is 12.2. The van der Waals surface area contributed by atoms with Crippen molar-refractivity contribution in [1.82, 2.24) is 10.3 Å². The Morgan fingerprint density at radius 3 is 2.86 bits per heavy atom. The van der Waals surface area contributed by atoms with Crippen molar-refractivity contribution in [1.29, 1.82) is 0 Å². The van der Waals surface area contributed by atoms with E-state index in [0.29, 0.717) is 5.92 Å². The van der Waals surface area contributed by atoms with Crippen LogP contribution in [-0.4, -0.2) is 18.6 Å². The summed E-state index contributed by atoms with van der Waals surface area (Å²) in [5.41, 5.74) is 1.23. The highest BCUT2D eigenvalue weighted by molar-refractivity contribution is 7.99. The largest absolute Gasteiger partial charge is 0.497 e. The second-order valence-corrected chi connectivity index (χ2v) is 6.34. The Hall–Kier alpha value is -1.52. The molecule has 0 bridgehead atoms. The van der Waals surface area contributed by atoms with Crippen LogP contribution in [0.5, 0.6) is 5.75 Å². The summed E-state index contributed by atoms with van der Waals surface area (Å²) in [4.78, 5) is 5.65. The van der Waals surface area contributed by atoms with Gasteiger partial charge in [-0.15, -0.1) is 0 Å². The maximum absolute atomic E-state index is 5.27. The van der Waals surface area contributed by atoms with E-state index in [9.17, 15) is 0 Å². The van der Waals surface area contributed by atoms with Gasteiger partial charge >= 0.3 is 0 Å². The maximum Gasteiger partial charge on any atom is 0.119 e. The molecule has 0 unspecified atom stereocenters. The van der Waals surface area contributed by atoms with E-state index in [1.807, 2.05) is 30.5 Å².